The largest absolute Gasteiger partial charge is 0.310 e. The minimum Gasteiger partial charge on any atom is -0.310 e. The van der Waals surface area contributed by atoms with Gasteiger partial charge < -0.3 is 5.43 Å². The van der Waals surface area contributed by atoms with Crippen LogP contribution in [0.5, 0.6) is 0 Å². The first-order valence-electron chi connectivity index (χ1n) is 9.39. The van der Waals surface area contributed by atoms with E-state index in [-0.39, 0.29) is 11.5 Å². The SMILES string of the molecule is CC(C)(C)S(=O)(=O)CCCCCC(=O)CCc1ccc(C2=CSNN2)cc1. The summed E-state index contributed by atoms with van der Waals surface area (Å²) in [4.78, 5) is 15.0. The monoisotopic (exact) mass is 410 g/mol. The molecule has 150 valence electrons. The molecule has 0 aliphatic carbocycles. The summed E-state index contributed by atoms with van der Waals surface area (Å²) in [6.45, 7) is 5.19. The van der Waals surface area contributed by atoms with Crippen LogP contribution < -0.4 is 10.3 Å². The van der Waals surface area contributed by atoms with Crippen LogP contribution in [0.25, 0.3) is 5.70 Å². The summed E-state index contributed by atoms with van der Waals surface area (Å²) in [6, 6.07) is 8.24. The maximum Gasteiger partial charge on any atom is 0.155 e. The molecule has 0 saturated heterocycles. The Morgan fingerprint density at radius 1 is 1.04 bits per heavy atom. The number of carbonyl (C=O) groups excluding carboxylic acids is 1. The van der Waals surface area contributed by atoms with E-state index in [1.165, 1.54) is 11.9 Å². The molecule has 0 unspecified atom stereocenters. The Bertz CT molecular complexity index is 763. The molecule has 0 aromatic heterocycles. The van der Waals surface area contributed by atoms with Gasteiger partial charge in [0.15, 0.2) is 9.84 Å². The Labute approximate surface area is 167 Å². The number of hydrogen-bond acceptors (Lipinski definition) is 6. The Kier molecular flexibility index (Phi) is 7.94. The number of sulfone groups is 1. The first-order valence-corrected chi connectivity index (χ1v) is 11.9. The van der Waals surface area contributed by atoms with Crippen molar-refractivity contribution >= 4 is 33.3 Å². The lowest BCUT2D eigenvalue weighted by Gasteiger charge is -2.18. The smallest absolute Gasteiger partial charge is 0.155 e. The molecule has 2 rings (SSSR count). The molecule has 27 heavy (non-hydrogen) atoms. The molecule has 0 bridgehead atoms. The van der Waals surface area contributed by atoms with E-state index in [1.54, 1.807) is 20.8 Å². The second-order valence-corrected chi connectivity index (χ2v) is 11.4. The van der Waals surface area contributed by atoms with Crippen molar-refractivity contribution in [2.75, 3.05) is 5.75 Å². The molecule has 0 spiro atoms. The molecule has 0 amide bonds. The van der Waals surface area contributed by atoms with Gasteiger partial charge in [-0.25, -0.2) is 8.42 Å². The Morgan fingerprint density at radius 3 is 2.33 bits per heavy atom. The first kappa shape index (κ1) is 22.0. The zero-order valence-electron chi connectivity index (χ0n) is 16.4. The van der Waals surface area contributed by atoms with Crippen LogP contribution in [0.1, 0.15) is 64.0 Å². The molecule has 1 aromatic carbocycles. The minimum absolute atomic E-state index is 0.205. The number of nitrogens with one attached hydrogen (secondary N) is 2. The summed E-state index contributed by atoms with van der Waals surface area (Å²) >= 11 is 1.51. The van der Waals surface area contributed by atoms with E-state index in [1.807, 2.05) is 5.41 Å². The van der Waals surface area contributed by atoms with Crippen LogP contribution in [0.4, 0.5) is 0 Å². The van der Waals surface area contributed by atoms with E-state index in [0.29, 0.717) is 19.3 Å². The number of hydrogen-bond donors (Lipinski definition) is 2. The van der Waals surface area contributed by atoms with Crippen molar-refractivity contribution in [2.45, 2.75) is 64.0 Å². The minimum atomic E-state index is -3.05. The van der Waals surface area contributed by atoms with Gasteiger partial charge in [0.2, 0.25) is 0 Å². The number of carbonyl (C=O) groups is 1. The van der Waals surface area contributed by atoms with E-state index in [2.05, 4.69) is 34.5 Å². The highest BCUT2D eigenvalue weighted by molar-refractivity contribution is 8.00. The Balaban J connectivity index is 1.63. The molecule has 2 N–H and O–H groups in total. The molecule has 5 nitrogen and oxygen atoms in total. The number of benzene rings is 1. The summed E-state index contributed by atoms with van der Waals surface area (Å²) in [6.07, 6.45) is 4.00. The Hall–Kier alpha value is -1.31. The highest BCUT2D eigenvalue weighted by atomic mass is 32.2. The zero-order valence-corrected chi connectivity index (χ0v) is 18.0. The van der Waals surface area contributed by atoms with E-state index < -0.39 is 14.6 Å². The van der Waals surface area contributed by atoms with Crippen molar-refractivity contribution in [1.29, 1.82) is 0 Å². The normalized spacial score (nSPS) is 14.7. The van der Waals surface area contributed by atoms with Crippen molar-refractivity contribution in [3.63, 3.8) is 0 Å². The lowest BCUT2D eigenvalue weighted by molar-refractivity contribution is -0.119. The van der Waals surface area contributed by atoms with Gasteiger partial charge in [0.1, 0.15) is 5.78 Å². The van der Waals surface area contributed by atoms with Crippen molar-refractivity contribution < 1.29 is 13.2 Å². The lowest BCUT2D eigenvalue weighted by Crippen LogP contribution is -2.30. The zero-order chi connectivity index (χ0) is 19.9. The predicted molar refractivity (Wildman–Crippen MR) is 114 cm³/mol. The molecule has 0 atom stereocenters. The molecular weight excluding hydrogens is 380 g/mol. The van der Waals surface area contributed by atoms with Gasteiger partial charge in [-0.05, 0) is 63.1 Å². The number of aryl methyl sites for hydroxylation is 1. The highest BCUT2D eigenvalue weighted by Gasteiger charge is 2.27. The number of ketones is 1. The third kappa shape index (κ3) is 6.97. The fraction of sp³-hybridized carbons (Fsp3) is 0.550. The molecule has 1 aliphatic heterocycles. The van der Waals surface area contributed by atoms with Crippen molar-refractivity contribution in [3.8, 4) is 0 Å². The second-order valence-electron chi connectivity index (χ2n) is 7.85. The maximum atomic E-state index is 12.1. The number of unbranched alkanes of at least 4 members (excludes halogenated alkanes) is 2. The molecule has 0 radical (unpaired) electrons. The summed E-state index contributed by atoms with van der Waals surface area (Å²) < 4.78 is 23.4. The molecular formula is C20H30N2O3S2. The molecule has 7 heteroatoms. The van der Waals surface area contributed by atoms with Gasteiger partial charge in [0.05, 0.1) is 16.2 Å². The summed E-state index contributed by atoms with van der Waals surface area (Å²) in [5, 5.41) is 2.02. The quantitative estimate of drug-likeness (QED) is 0.448. The summed E-state index contributed by atoms with van der Waals surface area (Å²) in [7, 11) is -3.05. The number of hydrazine groups is 1. The highest BCUT2D eigenvalue weighted by Crippen LogP contribution is 2.20. The molecule has 0 saturated carbocycles. The van der Waals surface area contributed by atoms with Gasteiger partial charge in [-0.1, -0.05) is 30.7 Å². The van der Waals surface area contributed by atoms with Crippen LogP contribution in [0.2, 0.25) is 0 Å². The summed E-state index contributed by atoms with van der Waals surface area (Å²) in [5.74, 6) is 0.453. The average molecular weight is 411 g/mol. The predicted octanol–water partition coefficient (Wildman–Crippen LogP) is 4.02. The standard InChI is InChI=1S/C20H30N2O3S2/c1-20(2,3)27(24,25)14-6-4-5-7-18(23)13-10-16-8-11-17(12-9-16)19-15-26-22-21-19/h8-9,11-12,15,21-22H,4-7,10,13-14H2,1-3H3. The van der Waals surface area contributed by atoms with Crippen LogP contribution in [0, 0.1) is 0 Å². The van der Waals surface area contributed by atoms with Gasteiger partial charge in [0, 0.05) is 18.2 Å². The average Bonchev–Trinajstić information content (AvgIpc) is 3.13. The number of rotatable bonds is 10. The van der Waals surface area contributed by atoms with E-state index >= 15 is 0 Å². The van der Waals surface area contributed by atoms with Crippen LogP contribution >= 0.6 is 11.9 Å². The maximum absolute atomic E-state index is 12.1. The molecule has 1 heterocycles. The summed E-state index contributed by atoms with van der Waals surface area (Å²) in [5.41, 5.74) is 6.40. The van der Waals surface area contributed by atoms with E-state index in [0.717, 1.165) is 36.1 Å². The third-order valence-corrected chi connectivity index (χ3v) is 7.95. The third-order valence-electron chi connectivity index (χ3n) is 4.68. The number of Topliss-reactive ketones (excluding diaryl/α,β-unsaturated/α-hetero) is 1. The van der Waals surface area contributed by atoms with E-state index in [9.17, 15) is 13.2 Å². The van der Waals surface area contributed by atoms with Gasteiger partial charge in [-0.2, -0.15) is 4.83 Å². The van der Waals surface area contributed by atoms with Gasteiger partial charge >= 0.3 is 0 Å². The van der Waals surface area contributed by atoms with Crippen LogP contribution in [-0.4, -0.2) is 24.7 Å². The Morgan fingerprint density at radius 2 is 1.74 bits per heavy atom. The van der Waals surface area contributed by atoms with Crippen LogP contribution in [0.15, 0.2) is 29.7 Å². The van der Waals surface area contributed by atoms with Crippen molar-refractivity contribution in [2.24, 2.45) is 0 Å². The van der Waals surface area contributed by atoms with Gasteiger partial charge in [-0.3, -0.25) is 4.79 Å². The van der Waals surface area contributed by atoms with Crippen LogP contribution in [0.3, 0.4) is 0 Å². The molecule has 0 fully saturated rings. The van der Waals surface area contributed by atoms with Gasteiger partial charge in [0.25, 0.3) is 0 Å². The molecule has 1 aliphatic rings. The topological polar surface area (TPSA) is 75.3 Å². The fourth-order valence-corrected chi connectivity index (χ4v) is 4.44. The second kappa shape index (κ2) is 9.75. The lowest BCUT2D eigenvalue weighted by atomic mass is 10.0. The van der Waals surface area contributed by atoms with E-state index in [4.69, 9.17) is 0 Å². The molecule has 1 aromatic rings. The first-order chi connectivity index (χ1) is 12.7. The van der Waals surface area contributed by atoms with Crippen molar-refractivity contribution in [3.05, 3.63) is 40.8 Å². The van der Waals surface area contributed by atoms with Crippen LogP contribution in [-0.2, 0) is 21.1 Å². The van der Waals surface area contributed by atoms with Crippen molar-refractivity contribution in [1.82, 2.24) is 10.3 Å². The fourth-order valence-electron chi connectivity index (χ4n) is 2.70. The van der Waals surface area contributed by atoms with Gasteiger partial charge in [-0.15, -0.1) is 0 Å².